The summed E-state index contributed by atoms with van der Waals surface area (Å²) in [7, 11) is 0. The van der Waals surface area contributed by atoms with Crippen LogP contribution in [0.15, 0.2) is 30.3 Å². The number of aliphatic carboxylic acids is 1. The predicted octanol–water partition coefficient (Wildman–Crippen LogP) is 1.20. The van der Waals surface area contributed by atoms with Gasteiger partial charge in [-0.15, -0.1) is 0 Å². The fourth-order valence-corrected chi connectivity index (χ4v) is 1.18. The van der Waals surface area contributed by atoms with Crippen LogP contribution in [0, 0.1) is 0 Å². The molecule has 0 amide bonds. The zero-order valence-corrected chi connectivity index (χ0v) is 7.47. The molecule has 0 radical (unpaired) electrons. The highest BCUT2D eigenvalue weighted by molar-refractivity contribution is 5.74. The van der Waals surface area contributed by atoms with E-state index in [4.69, 9.17) is 10.8 Å². The monoisotopic (exact) mass is 179 g/mol. The van der Waals surface area contributed by atoms with Crippen LogP contribution in [-0.4, -0.2) is 17.1 Å². The fraction of sp³-hybridized carbons (Fsp3) is 0.300. The number of nitrogens with two attached hydrogens (primary N) is 1. The lowest BCUT2D eigenvalue weighted by Gasteiger charge is -2.15. The van der Waals surface area contributed by atoms with Crippen LogP contribution in [0.5, 0.6) is 0 Å². The van der Waals surface area contributed by atoms with E-state index in [2.05, 4.69) is 0 Å². The van der Waals surface area contributed by atoms with Gasteiger partial charge in [0.2, 0.25) is 0 Å². The molecule has 1 aromatic rings. The van der Waals surface area contributed by atoms with E-state index in [0.29, 0.717) is 0 Å². The molecule has 70 valence electrons. The third-order valence-corrected chi connectivity index (χ3v) is 2.15. The first-order valence-corrected chi connectivity index (χ1v) is 4.16. The Labute approximate surface area is 77.2 Å². The first-order valence-electron chi connectivity index (χ1n) is 4.16. The van der Waals surface area contributed by atoms with Crippen molar-refractivity contribution < 1.29 is 9.90 Å². The topological polar surface area (TPSA) is 63.3 Å². The Bertz CT molecular complexity index is 284. The largest absolute Gasteiger partial charge is 0.480 e. The average Bonchev–Trinajstić information content (AvgIpc) is 2.17. The van der Waals surface area contributed by atoms with Crippen molar-refractivity contribution in [2.45, 2.75) is 18.9 Å². The van der Waals surface area contributed by atoms with E-state index in [0.717, 1.165) is 5.56 Å². The first-order chi connectivity index (χ1) is 6.13. The molecule has 0 aliphatic rings. The highest BCUT2D eigenvalue weighted by Crippen LogP contribution is 2.17. The molecule has 0 saturated heterocycles. The van der Waals surface area contributed by atoms with Gasteiger partial charge in [0.25, 0.3) is 0 Å². The van der Waals surface area contributed by atoms with E-state index < -0.39 is 12.0 Å². The molecule has 3 heteroatoms. The van der Waals surface area contributed by atoms with E-state index >= 15 is 0 Å². The van der Waals surface area contributed by atoms with Gasteiger partial charge in [-0.3, -0.25) is 4.79 Å². The summed E-state index contributed by atoms with van der Waals surface area (Å²) in [6, 6.07) is 8.58. The Kier molecular flexibility index (Phi) is 3.03. The predicted molar refractivity (Wildman–Crippen MR) is 50.5 cm³/mol. The Hall–Kier alpha value is -1.35. The van der Waals surface area contributed by atoms with Gasteiger partial charge in [0.1, 0.15) is 6.04 Å². The summed E-state index contributed by atoms with van der Waals surface area (Å²) in [4.78, 5) is 10.6. The highest BCUT2D eigenvalue weighted by atomic mass is 16.4. The van der Waals surface area contributed by atoms with E-state index in [9.17, 15) is 4.79 Å². The van der Waals surface area contributed by atoms with Crippen LogP contribution < -0.4 is 5.73 Å². The van der Waals surface area contributed by atoms with Gasteiger partial charge < -0.3 is 10.8 Å². The third-order valence-electron chi connectivity index (χ3n) is 2.15. The van der Waals surface area contributed by atoms with Crippen LogP contribution in [0.2, 0.25) is 0 Å². The molecule has 0 fully saturated rings. The zero-order chi connectivity index (χ0) is 9.84. The van der Waals surface area contributed by atoms with E-state index in [-0.39, 0.29) is 5.92 Å². The number of rotatable bonds is 3. The van der Waals surface area contributed by atoms with Crippen LogP contribution in [0.4, 0.5) is 0 Å². The van der Waals surface area contributed by atoms with E-state index in [1.807, 2.05) is 37.3 Å². The highest BCUT2D eigenvalue weighted by Gasteiger charge is 2.20. The Morgan fingerprint density at radius 2 is 1.92 bits per heavy atom. The summed E-state index contributed by atoms with van der Waals surface area (Å²) >= 11 is 0. The molecule has 0 bridgehead atoms. The maximum absolute atomic E-state index is 10.6. The van der Waals surface area contributed by atoms with Crippen molar-refractivity contribution in [3.05, 3.63) is 35.9 Å². The second-order valence-electron chi connectivity index (χ2n) is 3.06. The quantitative estimate of drug-likeness (QED) is 0.732. The minimum atomic E-state index is -0.962. The minimum Gasteiger partial charge on any atom is -0.480 e. The van der Waals surface area contributed by atoms with Crippen molar-refractivity contribution >= 4 is 5.97 Å². The van der Waals surface area contributed by atoms with Crippen molar-refractivity contribution in [1.29, 1.82) is 0 Å². The van der Waals surface area contributed by atoms with E-state index in [1.54, 1.807) is 0 Å². The van der Waals surface area contributed by atoms with E-state index in [1.165, 1.54) is 0 Å². The van der Waals surface area contributed by atoms with Crippen molar-refractivity contribution in [2.24, 2.45) is 5.73 Å². The second-order valence-corrected chi connectivity index (χ2v) is 3.06. The molecule has 1 rings (SSSR count). The van der Waals surface area contributed by atoms with Gasteiger partial charge in [0.15, 0.2) is 0 Å². The van der Waals surface area contributed by atoms with Gasteiger partial charge in [-0.1, -0.05) is 37.3 Å². The van der Waals surface area contributed by atoms with Crippen LogP contribution in [-0.2, 0) is 4.79 Å². The van der Waals surface area contributed by atoms with Gasteiger partial charge in [-0.05, 0) is 5.56 Å². The van der Waals surface area contributed by atoms with Crippen LogP contribution in [0.1, 0.15) is 18.4 Å². The molecule has 1 aromatic carbocycles. The molecule has 0 aliphatic carbocycles. The lowest BCUT2D eigenvalue weighted by atomic mass is 9.94. The minimum absolute atomic E-state index is 0.154. The lowest BCUT2D eigenvalue weighted by molar-refractivity contribution is -0.139. The summed E-state index contributed by atoms with van der Waals surface area (Å²) in [5.74, 6) is -1.12. The van der Waals surface area contributed by atoms with Crippen molar-refractivity contribution in [1.82, 2.24) is 0 Å². The molecule has 3 nitrogen and oxygen atoms in total. The molecule has 0 aromatic heterocycles. The third kappa shape index (κ3) is 2.29. The molecule has 0 heterocycles. The number of carboxylic acids is 1. The average molecular weight is 179 g/mol. The molecule has 0 saturated carbocycles. The smallest absolute Gasteiger partial charge is 0.321 e. The number of benzene rings is 1. The fourth-order valence-electron chi connectivity index (χ4n) is 1.18. The molecule has 0 aliphatic heterocycles. The number of hydrogen-bond acceptors (Lipinski definition) is 2. The molecular weight excluding hydrogens is 166 g/mol. The van der Waals surface area contributed by atoms with Gasteiger partial charge in [-0.25, -0.2) is 0 Å². The zero-order valence-electron chi connectivity index (χ0n) is 7.47. The normalized spacial score (nSPS) is 14.9. The molecule has 2 atom stereocenters. The molecule has 0 spiro atoms. The Balaban J connectivity index is 2.79. The first kappa shape index (κ1) is 9.74. The number of carboxylic acid groups (broad SMARTS) is 1. The summed E-state index contributed by atoms with van der Waals surface area (Å²) in [6.07, 6.45) is 0. The number of carbonyl (C=O) groups is 1. The van der Waals surface area contributed by atoms with Gasteiger partial charge in [0, 0.05) is 5.92 Å². The number of hydrogen-bond donors (Lipinski definition) is 2. The Morgan fingerprint density at radius 3 is 2.38 bits per heavy atom. The Morgan fingerprint density at radius 1 is 1.38 bits per heavy atom. The second kappa shape index (κ2) is 4.05. The standard InChI is InChI=1S/C10H13NO2/c1-7(9(11)10(12)13)8-5-3-2-4-6-8/h2-7,9H,11H2,1H3,(H,12,13)/t7?,9-/m0/s1. The van der Waals surface area contributed by atoms with Gasteiger partial charge in [0.05, 0.1) is 0 Å². The summed E-state index contributed by atoms with van der Waals surface area (Å²) in [5, 5.41) is 8.69. The summed E-state index contributed by atoms with van der Waals surface area (Å²) in [5.41, 5.74) is 6.45. The van der Waals surface area contributed by atoms with Crippen LogP contribution >= 0.6 is 0 Å². The van der Waals surface area contributed by atoms with Crippen LogP contribution in [0.3, 0.4) is 0 Å². The summed E-state index contributed by atoms with van der Waals surface area (Å²) in [6.45, 7) is 1.81. The molecule has 13 heavy (non-hydrogen) atoms. The molecular formula is C10H13NO2. The molecule has 3 N–H and O–H groups in total. The SMILES string of the molecule is CC(c1ccccc1)[C@H](N)C(=O)O. The van der Waals surface area contributed by atoms with Crippen molar-refractivity contribution in [2.75, 3.05) is 0 Å². The van der Waals surface area contributed by atoms with Gasteiger partial charge in [-0.2, -0.15) is 0 Å². The lowest BCUT2D eigenvalue weighted by Crippen LogP contribution is -2.35. The van der Waals surface area contributed by atoms with Crippen LogP contribution in [0.25, 0.3) is 0 Å². The summed E-state index contributed by atoms with van der Waals surface area (Å²) < 4.78 is 0. The maximum Gasteiger partial charge on any atom is 0.321 e. The van der Waals surface area contributed by atoms with Crippen molar-refractivity contribution in [3.8, 4) is 0 Å². The van der Waals surface area contributed by atoms with Crippen molar-refractivity contribution in [3.63, 3.8) is 0 Å². The van der Waals surface area contributed by atoms with Gasteiger partial charge >= 0.3 is 5.97 Å². The maximum atomic E-state index is 10.6. The molecule has 1 unspecified atom stereocenters.